The van der Waals surface area contributed by atoms with Crippen molar-refractivity contribution in [2.45, 2.75) is 0 Å². The molecule has 1 amide bonds. The van der Waals surface area contributed by atoms with Crippen molar-refractivity contribution in [3.63, 3.8) is 0 Å². The number of rotatable bonds is 3. The molecule has 0 atom stereocenters. The van der Waals surface area contributed by atoms with Crippen LogP contribution < -0.4 is 5.32 Å². The van der Waals surface area contributed by atoms with E-state index in [0.717, 1.165) is 5.56 Å². The zero-order chi connectivity index (χ0) is 16.4. The first-order valence-electron chi connectivity index (χ1n) is 7.29. The molecule has 4 rings (SSSR count). The van der Waals surface area contributed by atoms with E-state index >= 15 is 0 Å². The Morgan fingerprint density at radius 3 is 2.50 bits per heavy atom. The Balaban J connectivity index is 1.81. The lowest BCUT2D eigenvalue weighted by molar-refractivity contribution is 0.102. The highest BCUT2D eigenvalue weighted by atomic mass is 16.1. The Kier molecular flexibility index (Phi) is 3.43. The molecule has 0 fully saturated rings. The summed E-state index contributed by atoms with van der Waals surface area (Å²) in [4.78, 5) is 20.7. The van der Waals surface area contributed by atoms with Crippen molar-refractivity contribution >= 4 is 17.2 Å². The number of aromatic nitrogens is 5. The van der Waals surface area contributed by atoms with E-state index in [1.807, 2.05) is 30.3 Å². The van der Waals surface area contributed by atoms with Crippen molar-refractivity contribution in [3.8, 4) is 11.4 Å². The molecule has 0 aliphatic heterocycles. The molecule has 0 aliphatic carbocycles. The molecule has 1 aromatic carbocycles. The number of amides is 1. The van der Waals surface area contributed by atoms with Crippen LogP contribution >= 0.6 is 0 Å². The molecule has 24 heavy (non-hydrogen) atoms. The van der Waals surface area contributed by atoms with Gasteiger partial charge >= 0.3 is 0 Å². The van der Waals surface area contributed by atoms with E-state index in [4.69, 9.17) is 0 Å². The number of pyridine rings is 1. The van der Waals surface area contributed by atoms with E-state index in [1.54, 1.807) is 35.1 Å². The lowest BCUT2D eigenvalue weighted by Crippen LogP contribution is -2.16. The van der Waals surface area contributed by atoms with Crippen LogP contribution in [0.25, 0.3) is 17.0 Å². The molecule has 0 bridgehead atoms. The van der Waals surface area contributed by atoms with Gasteiger partial charge in [-0.15, -0.1) is 10.2 Å². The van der Waals surface area contributed by atoms with Crippen molar-refractivity contribution < 1.29 is 4.79 Å². The monoisotopic (exact) mass is 316 g/mol. The van der Waals surface area contributed by atoms with Crippen molar-refractivity contribution in [1.29, 1.82) is 0 Å². The summed E-state index contributed by atoms with van der Waals surface area (Å²) in [5, 5.41) is 11.1. The molecule has 0 saturated carbocycles. The predicted molar refractivity (Wildman–Crippen MR) is 88.4 cm³/mol. The maximum Gasteiger partial charge on any atom is 0.274 e. The zero-order valence-electron chi connectivity index (χ0n) is 12.5. The highest BCUT2D eigenvalue weighted by molar-refractivity contribution is 6.03. The maximum atomic E-state index is 12.7. The highest BCUT2D eigenvalue weighted by Crippen LogP contribution is 2.19. The van der Waals surface area contributed by atoms with Crippen LogP contribution in [-0.4, -0.2) is 30.5 Å². The minimum Gasteiger partial charge on any atom is -0.321 e. The van der Waals surface area contributed by atoms with Crippen LogP contribution in [0.1, 0.15) is 10.5 Å². The number of anilines is 1. The van der Waals surface area contributed by atoms with E-state index in [0.29, 0.717) is 22.9 Å². The van der Waals surface area contributed by atoms with Gasteiger partial charge in [-0.05, 0) is 12.1 Å². The third-order valence-corrected chi connectivity index (χ3v) is 3.52. The first-order valence-corrected chi connectivity index (χ1v) is 7.29. The highest BCUT2D eigenvalue weighted by Gasteiger charge is 2.17. The molecule has 116 valence electrons. The van der Waals surface area contributed by atoms with Gasteiger partial charge in [0.25, 0.3) is 5.91 Å². The summed E-state index contributed by atoms with van der Waals surface area (Å²) in [5.41, 5.74) is 2.39. The van der Waals surface area contributed by atoms with Crippen LogP contribution in [0.2, 0.25) is 0 Å². The summed E-state index contributed by atoms with van der Waals surface area (Å²) in [6.45, 7) is 0. The number of carbonyl (C=O) groups excluding carboxylic acids is 1. The van der Waals surface area contributed by atoms with Crippen LogP contribution in [0.5, 0.6) is 0 Å². The van der Waals surface area contributed by atoms with Gasteiger partial charge in [0.2, 0.25) is 0 Å². The Morgan fingerprint density at radius 1 is 0.917 bits per heavy atom. The van der Waals surface area contributed by atoms with Gasteiger partial charge in [-0.3, -0.25) is 19.2 Å². The molecule has 0 radical (unpaired) electrons. The SMILES string of the molecule is O=C(Nc1ccncc1)c1cncc2nnc(-c3ccccc3)n12. The van der Waals surface area contributed by atoms with E-state index in [1.165, 1.54) is 6.20 Å². The van der Waals surface area contributed by atoms with Crippen molar-refractivity contribution in [2.75, 3.05) is 5.32 Å². The number of benzene rings is 1. The second-order valence-corrected chi connectivity index (χ2v) is 5.07. The molecular weight excluding hydrogens is 304 g/mol. The van der Waals surface area contributed by atoms with Gasteiger partial charge in [-0.25, -0.2) is 0 Å². The van der Waals surface area contributed by atoms with Gasteiger partial charge in [0.1, 0.15) is 5.69 Å². The van der Waals surface area contributed by atoms with E-state index < -0.39 is 0 Å². The van der Waals surface area contributed by atoms with Crippen molar-refractivity contribution in [1.82, 2.24) is 24.6 Å². The fourth-order valence-electron chi connectivity index (χ4n) is 2.41. The average molecular weight is 316 g/mol. The van der Waals surface area contributed by atoms with Gasteiger partial charge in [-0.1, -0.05) is 30.3 Å². The second-order valence-electron chi connectivity index (χ2n) is 5.07. The fourth-order valence-corrected chi connectivity index (χ4v) is 2.41. The van der Waals surface area contributed by atoms with Gasteiger partial charge in [0, 0.05) is 23.6 Å². The molecule has 3 aromatic heterocycles. The topological polar surface area (TPSA) is 85.1 Å². The number of hydrogen-bond acceptors (Lipinski definition) is 5. The molecule has 7 nitrogen and oxygen atoms in total. The molecular formula is C17H12N6O. The molecule has 0 saturated heterocycles. The molecule has 0 unspecified atom stereocenters. The van der Waals surface area contributed by atoms with Crippen LogP contribution in [0.4, 0.5) is 5.69 Å². The molecule has 0 spiro atoms. The van der Waals surface area contributed by atoms with E-state index in [2.05, 4.69) is 25.5 Å². The van der Waals surface area contributed by atoms with Gasteiger partial charge < -0.3 is 5.32 Å². The largest absolute Gasteiger partial charge is 0.321 e. The predicted octanol–water partition coefficient (Wildman–Crippen LogP) is 2.44. The first kappa shape index (κ1) is 14.0. The Hall–Kier alpha value is -3.61. The lowest BCUT2D eigenvalue weighted by atomic mass is 10.2. The van der Waals surface area contributed by atoms with Crippen LogP contribution in [-0.2, 0) is 0 Å². The normalized spacial score (nSPS) is 10.7. The number of hydrogen-bond donors (Lipinski definition) is 1. The molecule has 0 aliphatic rings. The zero-order valence-corrected chi connectivity index (χ0v) is 12.5. The van der Waals surface area contributed by atoms with Gasteiger partial charge in [-0.2, -0.15) is 0 Å². The summed E-state index contributed by atoms with van der Waals surface area (Å²) in [6, 6.07) is 13.0. The summed E-state index contributed by atoms with van der Waals surface area (Å²) in [5.74, 6) is 0.296. The molecule has 3 heterocycles. The third kappa shape index (κ3) is 2.48. The molecule has 7 heteroatoms. The lowest BCUT2D eigenvalue weighted by Gasteiger charge is -2.08. The number of nitrogens with one attached hydrogen (secondary N) is 1. The Morgan fingerprint density at radius 2 is 1.71 bits per heavy atom. The maximum absolute atomic E-state index is 12.7. The average Bonchev–Trinajstić information content (AvgIpc) is 3.07. The molecule has 1 N–H and O–H groups in total. The van der Waals surface area contributed by atoms with Gasteiger partial charge in [0.15, 0.2) is 11.5 Å². The Labute approximate surface area is 137 Å². The summed E-state index contributed by atoms with van der Waals surface area (Å²) in [6.07, 6.45) is 6.30. The minimum atomic E-state index is -0.295. The summed E-state index contributed by atoms with van der Waals surface area (Å²) < 4.78 is 1.69. The van der Waals surface area contributed by atoms with Crippen molar-refractivity contribution in [3.05, 3.63) is 72.9 Å². The number of carbonyl (C=O) groups is 1. The summed E-state index contributed by atoms with van der Waals surface area (Å²) >= 11 is 0. The smallest absolute Gasteiger partial charge is 0.274 e. The van der Waals surface area contributed by atoms with E-state index in [-0.39, 0.29) is 5.91 Å². The second kappa shape index (κ2) is 5.88. The standard InChI is InChI=1S/C17H12N6O/c24-17(20-13-6-8-18-9-7-13)14-10-19-11-15-21-22-16(23(14)15)12-4-2-1-3-5-12/h1-11H,(H,18,20,24). The molecule has 4 aromatic rings. The fraction of sp³-hybridized carbons (Fsp3) is 0. The third-order valence-electron chi connectivity index (χ3n) is 3.52. The number of nitrogens with zero attached hydrogens (tertiary/aromatic N) is 5. The minimum absolute atomic E-state index is 0.295. The number of fused-ring (bicyclic) bond motifs is 1. The van der Waals surface area contributed by atoms with Crippen LogP contribution in [0.15, 0.2) is 67.3 Å². The quantitative estimate of drug-likeness (QED) is 0.627. The first-order chi connectivity index (χ1) is 11.8. The van der Waals surface area contributed by atoms with Crippen molar-refractivity contribution in [2.24, 2.45) is 0 Å². The van der Waals surface area contributed by atoms with Gasteiger partial charge in [0.05, 0.1) is 12.4 Å². The Bertz CT molecular complexity index is 997. The van der Waals surface area contributed by atoms with Crippen LogP contribution in [0.3, 0.4) is 0 Å². The summed E-state index contributed by atoms with van der Waals surface area (Å²) in [7, 11) is 0. The van der Waals surface area contributed by atoms with E-state index in [9.17, 15) is 4.79 Å². The van der Waals surface area contributed by atoms with Crippen LogP contribution in [0, 0.1) is 0 Å².